The molecule has 1 aliphatic rings. The molecule has 3 heteroatoms. The third kappa shape index (κ3) is 3.20. The van der Waals surface area contributed by atoms with Crippen molar-refractivity contribution in [2.75, 3.05) is 20.3 Å². The lowest BCUT2D eigenvalue weighted by molar-refractivity contribution is -0.0640. The highest BCUT2D eigenvalue weighted by atomic mass is 16.5. The van der Waals surface area contributed by atoms with Crippen molar-refractivity contribution >= 4 is 0 Å². The smallest absolute Gasteiger partial charge is 0.124 e. The van der Waals surface area contributed by atoms with Crippen LogP contribution in [0.5, 0.6) is 5.75 Å². The lowest BCUT2D eigenvalue weighted by Crippen LogP contribution is -2.24. The SMILES string of the molecule is COc1ccccc1[C@@H](C)OC1CCOCC1. The van der Waals surface area contributed by atoms with E-state index in [2.05, 4.69) is 13.0 Å². The molecule has 1 aromatic carbocycles. The first-order valence-electron chi connectivity index (χ1n) is 6.17. The Hall–Kier alpha value is -1.06. The van der Waals surface area contributed by atoms with Crippen LogP contribution in [0, 0.1) is 0 Å². The summed E-state index contributed by atoms with van der Waals surface area (Å²) >= 11 is 0. The zero-order chi connectivity index (χ0) is 12.1. The number of benzene rings is 1. The molecule has 1 aliphatic heterocycles. The summed E-state index contributed by atoms with van der Waals surface area (Å²) in [6, 6.07) is 8.02. The van der Waals surface area contributed by atoms with Crippen molar-refractivity contribution in [3.05, 3.63) is 29.8 Å². The Morgan fingerprint density at radius 1 is 1.24 bits per heavy atom. The van der Waals surface area contributed by atoms with E-state index in [4.69, 9.17) is 14.2 Å². The summed E-state index contributed by atoms with van der Waals surface area (Å²) in [6.07, 6.45) is 2.34. The highest BCUT2D eigenvalue weighted by Crippen LogP contribution is 2.29. The van der Waals surface area contributed by atoms with Crippen LogP contribution >= 0.6 is 0 Å². The molecular formula is C14H20O3. The van der Waals surface area contributed by atoms with Crippen molar-refractivity contribution in [1.82, 2.24) is 0 Å². The first kappa shape index (κ1) is 12.4. The van der Waals surface area contributed by atoms with E-state index in [1.807, 2.05) is 18.2 Å². The predicted octanol–water partition coefficient (Wildman–Crippen LogP) is 2.95. The molecular weight excluding hydrogens is 216 g/mol. The molecule has 0 spiro atoms. The molecule has 1 atom stereocenters. The van der Waals surface area contributed by atoms with Crippen molar-refractivity contribution in [2.45, 2.75) is 32.0 Å². The Kier molecular flexibility index (Phi) is 4.40. The van der Waals surface area contributed by atoms with Gasteiger partial charge in [-0.15, -0.1) is 0 Å². The molecule has 0 saturated carbocycles. The van der Waals surface area contributed by atoms with Gasteiger partial charge in [-0.1, -0.05) is 18.2 Å². The predicted molar refractivity (Wildman–Crippen MR) is 66.3 cm³/mol. The van der Waals surface area contributed by atoms with Gasteiger partial charge in [0.05, 0.1) is 19.3 Å². The third-order valence-corrected chi connectivity index (χ3v) is 3.14. The summed E-state index contributed by atoms with van der Waals surface area (Å²) in [4.78, 5) is 0. The molecule has 0 aliphatic carbocycles. The molecule has 0 aromatic heterocycles. The number of ether oxygens (including phenoxy) is 3. The molecule has 1 heterocycles. The molecule has 1 fully saturated rings. The largest absolute Gasteiger partial charge is 0.496 e. The number of rotatable bonds is 4. The highest BCUT2D eigenvalue weighted by molar-refractivity contribution is 5.34. The maximum absolute atomic E-state index is 6.06. The van der Waals surface area contributed by atoms with Crippen molar-refractivity contribution < 1.29 is 14.2 Å². The lowest BCUT2D eigenvalue weighted by Gasteiger charge is -2.26. The van der Waals surface area contributed by atoms with Gasteiger partial charge in [0.1, 0.15) is 5.75 Å². The third-order valence-electron chi connectivity index (χ3n) is 3.14. The van der Waals surface area contributed by atoms with E-state index >= 15 is 0 Å². The average Bonchev–Trinajstić information content (AvgIpc) is 2.40. The first-order chi connectivity index (χ1) is 8.31. The van der Waals surface area contributed by atoms with Gasteiger partial charge < -0.3 is 14.2 Å². The molecule has 0 radical (unpaired) electrons. The number of hydrogen-bond acceptors (Lipinski definition) is 3. The van der Waals surface area contributed by atoms with Gasteiger partial charge in [0.25, 0.3) is 0 Å². The topological polar surface area (TPSA) is 27.7 Å². The molecule has 1 saturated heterocycles. The first-order valence-corrected chi connectivity index (χ1v) is 6.17. The van der Waals surface area contributed by atoms with E-state index in [9.17, 15) is 0 Å². The van der Waals surface area contributed by atoms with Crippen LogP contribution in [-0.4, -0.2) is 26.4 Å². The monoisotopic (exact) mass is 236 g/mol. The zero-order valence-electron chi connectivity index (χ0n) is 10.5. The number of para-hydroxylation sites is 1. The minimum atomic E-state index is 0.0641. The van der Waals surface area contributed by atoms with Crippen LogP contribution in [-0.2, 0) is 9.47 Å². The van der Waals surface area contributed by atoms with Crippen molar-refractivity contribution in [1.29, 1.82) is 0 Å². The van der Waals surface area contributed by atoms with E-state index in [1.165, 1.54) is 0 Å². The molecule has 0 amide bonds. The van der Waals surface area contributed by atoms with Crippen molar-refractivity contribution in [2.24, 2.45) is 0 Å². The molecule has 0 unspecified atom stereocenters. The number of hydrogen-bond donors (Lipinski definition) is 0. The highest BCUT2D eigenvalue weighted by Gasteiger charge is 2.19. The van der Waals surface area contributed by atoms with Crippen LogP contribution in [0.2, 0.25) is 0 Å². The van der Waals surface area contributed by atoms with Crippen LogP contribution in [0.25, 0.3) is 0 Å². The fourth-order valence-electron chi connectivity index (χ4n) is 2.18. The van der Waals surface area contributed by atoms with Gasteiger partial charge >= 0.3 is 0 Å². The summed E-state index contributed by atoms with van der Waals surface area (Å²) in [6.45, 7) is 3.69. The summed E-state index contributed by atoms with van der Waals surface area (Å²) in [5.74, 6) is 0.895. The summed E-state index contributed by atoms with van der Waals surface area (Å²) < 4.78 is 16.7. The maximum atomic E-state index is 6.06. The van der Waals surface area contributed by atoms with Crippen LogP contribution < -0.4 is 4.74 Å². The normalized spacial score (nSPS) is 18.9. The van der Waals surface area contributed by atoms with Crippen molar-refractivity contribution in [3.8, 4) is 5.75 Å². The molecule has 2 rings (SSSR count). The fourth-order valence-corrected chi connectivity index (χ4v) is 2.18. The Bertz CT molecular complexity index is 345. The van der Waals surface area contributed by atoms with Gasteiger partial charge in [-0.05, 0) is 25.8 Å². The zero-order valence-corrected chi connectivity index (χ0v) is 10.5. The minimum Gasteiger partial charge on any atom is -0.496 e. The van der Waals surface area contributed by atoms with Gasteiger partial charge in [0, 0.05) is 18.8 Å². The van der Waals surface area contributed by atoms with Gasteiger partial charge in [0.2, 0.25) is 0 Å². The number of methoxy groups -OCH3 is 1. The van der Waals surface area contributed by atoms with Crippen LogP contribution in [0.15, 0.2) is 24.3 Å². The standard InChI is InChI=1S/C14H20O3/c1-11(17-12-7-9-16-10-8-12)13-5-3-4-6-14(13)15-2/h3-6,11-12H,7-10H2,1-2H3/t11-/m1/s1. The Morgan fingerprint density at radius 2 is 1.94 bits per heavy atom. The second-order valence-corrected chi connectivity index (χ2v) is 4.33. The average molecular weight is 236 g/mol. The molecule has 94 valence electrons. The molecule has 0 N–H and O–H groups in total. The molecule has 3 nitrogen and oxygen atoms in total. The van der Waals surface area contributed by atoms with E-state index in [1.54, 1.807) is 7.11 Å². The summed E-state index contributed by atoms with van der Waals surface area (Å²) in [5.41, 5.74) is 1.11. The lowest BCUT2D eigenvalue weighted by atomic mass is 10.1. The quantitative estimate of drug-likeness (QED) is 0.804. The summed E-state index contributed by atoms with van der Waals surface area (Å²) in [7, 11) is 1.69. The molecule has 17 heavy (non-hydrogen) atoms. The molecule has 1 aromatic rings. The van der Waals surface area contributed by atoms with Gasteiger partial charge in [-0.3, -0.25) is 0 Å². The van der Waals surface area contributed by atoms with Crippen LogP contribution in [0.4, 0.5) is 0 Å². The second-order valence-electron chi connectivity index (χ2n) is 4.33. The Labute approximate surface area is 103 Å². The van der Waals surface area contributed by atoms with E-state index in [0.29, 0.717) is 6.10 Å². The van der Waals surface area contributed by atoms with Gasteiger partial charge in [0.15, 0.2) is 0 Å². The van der Waals surface area contributed by atoms with Gasteiger partial charge in [-0.2, -0.15) is 0 Å². The molecule has 0 bridgehead atoms. The fraction of sp³-hybridized carbons (Fsp3) is 0.571. The van der Waals surface area contributed by atoms with E-state index in [0.717, 1.165) is 37.4 Å². The Morgan fingerprint density at radius 3 is 2.65 bits per heavy atom. The Balaban J connectivity index is 2.00. The van der Waals surface area contributed by atoms with E-state index in [-0.39, 0.29) is 6.10 Å². The minimum absolute atomic E-state index is 0.0641. The van der Waals surface area contributed by atoms with Crippen LogP contribution in [0.1, 0.15) is 31.4 Å². The van der Waals surface area contributed by atoms with Gasteiger partial charge in [-0.25, -0.2) is 0 Å². The van der Waals surface area contributed by atoms with Crippen LogP contribution in [0.3, 0.4) is 0 Å². The summed E-state index contributed by atoms with van der Waals surface area (Å²) in [5, 5.41) is 0. The second kappa shape index (κ2) is 6.03. The maximum Gasteiger partial charge on any atom is 0.124 e. The van der Waals surface area contributed by atoms with E-state index < -0.39 is 0 Å². The van der Waals surface area contributed by atoms with Crippen molar-refractivity contribution in [3.63, 3.8) is 0 Å².